The first kappa shape index (κ1) is 15.3. The number of unbranched alkanes of at least 4 members (excludes halogenated alkanes) is 2. The summed E-state index contributed by atoms with van der Waals surface area (Å²) in [7, 11) is 0. The number of hydrogen-bond acceptors (Lipinski definition) is 2. The van der Waals surface area contributed by atoms with E-state index < -0.39 is 0 Å². The van der Waals surface area contributed by atoms with Crippen LogP contribution in [-0.4, -0.2) is 36.1 Å². The van der Waals surface area contributed by atoms with Gasteiger partial charge < -0.3 is 5.32 Å². The molecule has 112 valence electrons. The summed E-state index contributed by atoms with van der Waals surface area (Å²) >= 11 is 0. The maximum Gasteiger partial charge on any atom is 0.0334 e. The Morgan fingerprint density at radius 3 is 2.58 bits per heavy atom. The molecule has 0 radical (unpaired) electrons. The van der Waals surface area contributed by atoms with Crippen LogP contribution in [0.3, 0.4) is 0 Å². The molecular weight excluding hydrogens is 232 g/mol. The minimum Gasteiger partial charge on any atom is -0.311 e. The van der Waals surface area contributed by atoms with Crippen molar-refractivity contribution in [3.8, 4) is 0 Å². The zero-order valence-electron chi connectivity index (χ0n) is 13.5. The molecule has 1 saturated heterocycles. The van der Waals surface area contributed by atoms with Gasteiger partial charge in [0.15, 0.2) is 0 Å². The summed E-state index contributed by atoms with van der Waals surface area (Å²) in [6, 6.07) is 0.707. The number of nitrogens with one attached hydrogen (secondary N) is 1. The smallest absolute Gasteiger partial charge is 0.0334 e. The average molecular weight is 266 g/mol. The summed E-state index contributed by atoms with van der Waals surface area (Å²) in [6.45, 7) is 13.3. The van der Waals surface area contributed by atoms with Crippen molar-refractivity contribution in [2.24, 2.45) is 11.8 Å². The van der Waals surface area contributed by atoms with Gasteiger partial charge in [-0.25, -0.2) is 0 Å². The molecule has 3 atom stereocenters. The maximum atomic E-state index is 3.86. The van der Waals surface area contributed by atoms with Crippen LogP contribution in [0, 0.1) is 11.8 Å². The van der Waals surface area contributed by atoms with Gasteiger partial charge in [0.25, 0.3) is 0 Å². The normalized spacial score (nSPS) is 34.4. The highest BCUT2D eigenvalue weighted by Crippen LogP contribution is 2.44. The summed E-state index contributed by atoms with van der Waals surface area (Å²) in [5, 5.41) is 3.86. The summed E-state index contributed by atoms with van der Waals surface area (Å²) in [5.74, 6) is 1.76. The fourth-order valence-electron chi connectivity index (χ4n) is 3.63. The van der Waals surface area contributed by atoms with Crippen LogP contribution < -0.4 is 5.32 Å². The molecule has 3 unspecified atom stereocenters. The number of hydrogen-bond donors (Lipinski definition) is 1. The van der Waals surface area contributed by atoms with Crippen molar-refractivity contribution in [3.05, 3.63) is 0 Å². The lowest BCUT2D eigenvalue weighted by atomic mass is 9.86. The summed E-state index contributed by atoms with van der Waals surface area (Å²) in [5.41, 5.74) is 0.442. The molecule has 1 heterocycles. The van der Waals surface area contributed by atoms with E-state index in [1.165, 1.54) is 58.2 Å². The predicted molar refractivity (Wildman–Crippen MR) is 83.5 cm³/mol. The largest absolute Gasteiger partial charge is 0.311 e. The van der Waals surface area contributed by atoms with Crippen molar-refractivity contribution >= 4 is 0 Å². The van der Waals surface area contributed by atoms with Gasteiger partial charge in [-0.1, -0.05) is 40.0 Å². The molecule has 1 aliphatic heterocycles. The van der Waals surface area contributed by atoms with E-state index in [1.54, 1.807) is 0 Å². The van der Waals surface area contributed by atoms with Gasteiger partial charge in [-0.15, -0.1) is 0 Å². The molecule has 2 rings (SSSR count). The number of rotatable bonds is 7. The molecule has 1 N–H and O–H groups in total. The predicted octanol–water partition coefficient (Wildman–Crippen LogP) is 3.67. The quantitative estimate of drug-likeness (QED) is 0.707. The second-order valence-electron chi connectivity index (χ2n) is 7.16. The highest BCUT2D eigenvalue weighted by atomic mass is 15.3. The van der Waals surface area contributed by atoms with E-state index >= 15 is 0 Å². The lowest BCUT2D eigenvalue weighted by molar-refractivity contribution is 0.0222. The van der Waals surface area contributed by atoms with Crippen molar-refractivity contribution in [1.82, 2.24) is 10.2 Å². The van der Waals surface area contributed by atoms with E-state index in [4.69, 9.17) is 0 Å². The molecule has 1 saturated carbocycles. The summed E-state index contributed by atoms with van der Waals surface area (Å²) in [6.07, 6.45) is 8.30. The first-order chi connectivity index (χ1) is 9.11. The average Bonchev–Trinajstić information content (AvgIpc) is 3.25. The van der Waals surface area contributed by atoms with Crippen molar-refractivity contribution in [1.29, 1.82) is 0 Å². The molecule has 2 aliphatic rings. The molecule has 2 nitrogen and oxygen atoms in total. The molecule has 1 aliphatic carbocycles. The fourth-order valence-corrected chi connectivity index (χ4v) is 3.63. The second-order valence-corrected chi connectivity index (χ2v) is 7.16. The Morgan fingerprint density at radius 2 is 2.00 bits per heavy atom. The van der Waals surface area contributed by atoms with Crippen molar-refractivity contribution in [2.75, 3.05) is 19.6 Å². The maximum absolute atomic E-state index is 3.86. The van der Waals surface area contributed by atoms with Crippen LogP contribution in [0.25, 0.3) is 0 Å². The molecular formula is C17H34N2. The Bertz CT molecular complexity index is 274. The van der Waals surface area contributed by atoms with Gasteiger partial charge >= 0.3 is 0 Å². The first-order valence-electron chi connectivity index (χ1n) is 8.60. The minimum atomic E-state index is 0.442. The third-order valence-corrected chi connectivity index (χ3v) is 5.68. The van der Waals surface area contributed by atoms with E-state index in [2.05, 4.69) is 37.9 Å². The Balaban J connectivity index is 1.96. The van der Waals surface area contributed by atoms with Crippen LogP contribution in [0.5, 0.6) is 0 Å². The van der Waals surface area contributed by atoms with Crippen molar-refractivity contribution < 1.29 is 0 Å². The molecule has 0 spiro atoms. The molecule has 0 bridgehead atoms. The van der Waals surface area contributed by atoms with Gasteiger partial charge in [0.1, 0.15) is 0 Å². The molecule has 2 fully saturated rings. The van der Waals surface area contributed by atoms with E-state index in [0.29, 0.717) is 11.6 Å². The third-order valence-electron chi connectivity index (χ3n) is 5.68. The van der Waals surface area contributed by atoms with Crippen LogP contribution in [0.15, 0.2) is 0 Å². The van der Waals surface area contributed by atoms with Gasteiger partial charge in [0.2, 0.25) is 0 Å². The number of nitrogens with zero attached hydrogens (tertiary/aromatic N) is 1. The zero-order valence-corrected chi connectivity index (χ0v) is 13.5. The van der Waals surface area contributed by atoms with Crippen LogP contribution >= 0.6 is 0 Å². The Kier molecular flexibility index (Phi) is 5.30. The standard InChI is InChI=1S/C17H34N2/c1-5-7-8-11-19-12-16(14(3)6-2)18-13-17(19,4)15-9-10-15/h14-16,18H,5-13H2,1-4H3. The Morgan fingerprint density at radius 1 is 1.26 bits per heavy atom. The van der Waals surface area contributed by atoms with Crippen molar-refractivity contribution in [3.63, 3.8) is 0 Å². The first-order valence-corrected chi connectivity index (χ1v) is 8.60. The highest BCUT2D eigenvalue weighted by molar-refractivity contribution is 5.05. The highest BCUT2D eigenvalue weighted by Gasteiger charge is 2.48. The lowest BCUT2D eigenvalue weighted by Crippen LogP contribution is -2.65. The van der Waals surface area contributed by atoms with E-state index in [-0.39, 0.29) is 0 Å². The van der Waals surface area contributed by atoms with Gasteiger partial charge in [-0.3, -0.25) is 4.90 Å². The van der Waals surface area contributed by atoms with Crippen LogP contribution in [-0.2, 0) is 0 Å². The lowest BCUT2D eigenvalue weighted by Gasteiger charge is -2.50. The topological polar surface area (TPSA) is 15.3 Å². The molecule has 2 heteroatoms. The van der Waals surface area contributed by atoms with E-state index in [9.17, 15) is 0 Å². The summed E-state index contributed by atoms with van der Waals surface area (Å²) in [4.78, 5) is 2.84. The van der Waals surface area contributed by atoms with Gasteiger partial charge in [-0.2, -0.15) is 0 Å². The molecule has 0 aromatic rings. The third kappa shape index (κ3) is 3.52. The van der Waals surface area contributed by atoms with Crippen LogP contribution in [0.4, 0.5) is 0 Å². The van der Waals surface area contributed by atoms with Crippen LogP contribution in [0.1, 0.15) is 66.2 Å². The van der Waals surface area contributed by atoms with Crippen LogP contribution in [0.2, 0.25) is 0 Å². The zero-order chi connectivity index (χ0) is 13.9. The molecule has 0 amide bonds. The number of piperazine rings is 1. The van der Waals surface area contributed by atoms with E-state index in [0.717, 1.165) is 11.8 Å². The van der Waals surface area contributed by atoms with E-state index in [1.807, 2.05) is 0 Å². The van der Waals surface area contributed by atoms with Crippen molar-refractivity contribution in [2.45, 2.75) is 77.8 Å². The van der Waals surface area contributed by atoms with Gasteiger partial charge in [-0.05, 0) is 44.6 Å². The van der Waals surface area contributed by atoms with Gasteiger partial charge in [0.05, 0.1) is 0 Å². The second kappa shape index (κ2) is 6.58. The SMILES string of the molecule is CCCCCN1CC(C(C)CC)NCC1(C)C1CC1. The Labute approximate surface area is 120 Å². The monoisotopic (exact) mass is 266 g/mol. The summed E-state index contributed by atoms with van der Waals surface area (Å²) < 4.78 is 0. The molecule has 19 heavy (non-hydrogen) atoms. The van der Waals surface area contributed by atoms with Gasteiger partial charge in [0, 0.05) is 24.7 Å². The molecule has 0 aromatic heterocycles. The minimum absolute atomic E-state index is 0.442. The fraction of sp³-hybridized carbons (Fsp3) is 1.00. The Hall–Kier alpha value is -0.0800. The molecule has 0 aromatic carbocycles.